The number of nitrogens with zero attached hydrogens (tertiary/aromatic N) is 3. The molecule has 11 heteroatoms. The number of nitro groups is 1. The highest BCUT2D eigenvalue weighted by Gasteiger charge is 2.39. The molecule has 3 atom stereocenters. The number of nitriles is 1. The monoisotopic (exact) mass is 445 g/mol. The Morgan fingerprint density at radius 2 is 2.19 bits per heavy atom. The lowest BCUT2D eigenvalue weighted by molar-refractivity contribution is -0.384. The first-order chi connectivity index (χ1) is 15.0. The molecule has 2 amide bonds. The van der Waals surface area contributed by atoms with Crippen LogP contribution in [0.4, 0.5) is 14.9 Å². The Hall–Kier alpha value is -3.68. The van der Waals surface area contributed by atoms with Crippen molar-refractivity contribution in [3.8, 4) is 6.07 Å². The Bertz CT molecular complexity index is 1090. The lowest BCUT2D eigenvalue weighted by atomic mass is 10.0. The van der Waals surface area contributed by atoms with E-state index in [4.69, 9.17) is 4.74 Å². The molecule has 10 nitrogen and oxygen atoms in total. The van der Waals surface area contributed by atoms with E-state index in [1.807, 2.05) is 6.07 Å². The molecule has 1 fully saturated rings. The second-order valence-electron chi connectivity index (χ2n) is 8.67. The van der Waals surface area contributed by atoms with Gasteiger partial charge in [-0.05, 0) is 32.4 Å². The van der Waals surface area contributed by atoms with Gasteiger partial charge in [0.15, 0.2) is 0 Å². The number of ether oxygens (including phenoxy) is 1. The topological polar surface area (TPSA) is 141 Å². The van der Waals surface area contributed by atoms with Gasteiger partial charge in [0.25, 0.3) is 5.69 Å². The lowest BCUT2D eigenvalue weighted by Gasteiger charge is -2.27. The predicted molar refractivity (Wildman–Crippen MR) is 112 cm³/mol. The number of hydrogen-bond acceptors (Lipinski definition) is 6. The first kappa shape index (κ1) is 23.0. The summed E-state index contributed by atoms with van der Waals surface area (Å²) in [5.41, 5.74) is 0.230. The van der Waals surface area contributed by atoms with Crippen molar-refractivity contribution in [2.45, 2.75) is 57.5 Å². The highest BCUT2D eigenvalue weighted by atomic mass is 19.1. The van der Waals surface area contributed by atoms with Crippen molar-refractivity contribution < 1.29 is 23.6 Å². The molecule has 1 aromatic heterocycles. The first-order valence-electron chi connectivity index (χ1n) is 10.1. The molecule has 1 saturated heterocycles. The van der Waals surface area contributed by atoms with E-state index in [0.29, 0.717) is 16.5 Å². The van der Waals surface area contributed by atoms with Crippen molar-refractivity contribution in [1.29, 1.82) is 5.26 Å². The molecule has 2 aromatic rings. The molecule has 170 valence electrons. The van der Waals surface area contributed by atoms with Crippen LogP contribution in [-0.2, 0) is 16.0 Å². The van der Waals surface area contributed by atoms with Gasteiger partial charge in [0, 0.05) is 42.1 Å². The fourth-order valence-electron chi connectivity index (χ4n) is 3.67. The summed E-state index contributed by atoms with van der Waals surface area (Å²) in [6.07, 6.45) is -0.714. The number of halogens is 1. The van der Waals surface area contributed by atoms with Crippen LogP contribution in [0, 0.1) is 21.4 Å². The molecule has 0 aliphatic carbocycles. The summed E-state index contributed by atoms with van der Waals surface area (Å²) in [6.45, 7) is 4.76. The number of amides is 2. The molecule has 1 aliphatic rings. The number of aromatic amines is 1. The number of non-ortho nitro benzene ring substituents is 1. The maximum Gasteiger partial charge on any atom is 0.408 e. The average molecular weight is 445 g/mol. The minimum Gasteiger partial charge on any atom is -0.444 e. The highest BCUT2D eigenvalue weighted by molar-refractivity contribution is 5.89. The van der Waals surface area contributed by atoms with Gasteiger partial charge in [-0.3, -0.25) is 14.9 Å². The van der Waals surface area contributed by atoms with E-state index in [2.05, 4.69) is 10.3 Å². The summed E-state index contributed by atoms with van der Waals surface area (Å²) >= 11 is 0. The Labute approximate surface area is 183 Å². The van der Waals surface area contributed by atoms with Crippen molar-refractivity contribution in [3.05, 3.63) is 40.1 Å². The van der Waals surface area contributed by atoms with E-state index in [0.717, 1.165) is 4.90 Å². The molecule has 0 saturated carbocycles. The third-order valence-corrected chi connectivity index (χ3v) is 5.06. The van der Waals surface area contributed by atoms with Gasteiger partial charge in [0.05, 0.1) is 17.5 Å². The van der Waals surface area contributed by atoms with Gasteiger partial charge < -0.3 is 19.9 Å². The maximum atomic E-state index is 13.9. The van der Waals surface area contributed by atoms with E-state index in [9.17, 15) is 29.4 Å². The van der Waals surface area contributed by atoms with Crippen molar-refractivity contribution in [1.82, 2.24) is 15.2 Å². The molecule has 2 heterocycles. The summed E-state index contributed by atoms with van der Waals surface area (Å²) in [6, 6.07) is 4.10. The number of H-pyrrole nitrogens is 1. The fraction of sp³-hybridized carbons (Fsp3) is 0.476. The zero-order valence-electron chi connectivity index (χ0n) is 17.9. The van der Waals surface area contributed by atoms with E-state index in [1.54, 1.807) is 33.0 Å². The number of alkyl halides is 1. The summed E-state index contributed by atoms with van der Waals surface area (Å²) in [7, 11) is 0. The number of likely N-dealkylation sites (tertiary alicyclic amines) is 1. The Balaban J connectivity index is 1.92. The van der Waals surface area contributed by atoms with Crippen LogP contribution in [0.25, 0.3) is 10.9 Å². The summed E-state index contributed by atoms with van der Waals surface area (Å²) in [4.78, 5) is 40.3. The molecule has 0 bridgehead atoms. The van der Waals surface area contributed by atoms with Crippen molar-refractivity contribution in [3.63, 3.8) is 0 Å². The number of benzene rings is 1. The average Bonchev–Trinajstić information content (AvgIpc) is 3.28. The van der Waals surface area contributed by atoms with E-state index in [-0.39, 0.29) is 25.1 Å². The molecule has 32 heavy (non-hydrogen) atoms. The normalized spacial score (nSPS) is 19.4. The van der Waals surface area contributed by atoms with Gasteiger partial charge in [0.1, 0.15) is 23.9 Å². The number of nitro benzene ring substituents is 1. The molecular weight excluding hydrogens is 421 g/mol. The lowest BCUT2D eigenvalue weighted by Crippen LogP contribution is -2.52. The molecule has 0 spiro atoms. The number of carbonyl (C=O) groups excluding carboxylic acids is 2. The first-order valence-corrected chi connectivity index (χ1v) is 10.1. The second kappa shape index (κ2) is 8.82. The Morgan fingerprint density at radius 3 is 2.81 bits per heavy atom. The largest absolute Gasteiger partial charge is 0.444 e. The van der Waals surface area contributed by atoms with Crippen LogP contribution in [0.15, 0.2) is 24.4 Å². The Kier molecular flexibility index (Phi) is 6.34. The standard InChI is InChI=1S/C21H24FN5O5/c1-21(2,3)32-20(29)25-18(19(28)26-11-13(22)7-15(26)9-23)6-12-10-24-17-5-4-14(27(30)31)8-16(12)17/h4-5,8,10,13,15,18,24H,6-7,11H2,1-3H3,(H,25,29)/t13-,15-,18-/m0/s1. The zero-order valence-corrected chi connectivity index (χ0v) is 17.9. The SMILES string of the molecule is CC(C)(C)OC(=O)N[C@@H](Cc1c[nH]c2ccc([N+](=O)[O-])cc12)C(=O)N1C[C@@H](F)C[C@H]1C#N. The van der Waals surface area contributed by atoms with Crippen LogP contribution in [0.1, 0.15) is 32.8 Å². The summed E-state index contributed by atoms with van der Waals surface area (Å²) < 4.78 is 19.2. The van der Waals surface area contributed by atoms with Gasteiger partial charge in [-0.1, -0.05) is 0 Å². The van der Waals surface area contributed by atoms with Gasteiger partial charge in [0.2, 0.25) is 5.91 Å². The minimum absolute atomic E-state index is 0.0369. The number of hydrogen-bond donors (Lipinski definition) is 2. The van der Waals surface area contributed by atoms with Gasteiger partial charge in [-0.25, -0.2) is 9.18 Å². The van der Waals surface area contributed by atoms with E-state index < -0.39 is 40.8 Å². The van der Waals surface area contributed by atoms with Crippen LogP contribution < -0.4 is 5.32 Å². The van der Waals surface area contributed by atoms with Crippen molar-refractivity contribution in [2.24, 2.45) is 0 Å². The second-order valence-corrected chi connectivity index (χ2v) is 8.67. The van der Waals surface area contributed by atoms with Gasteiger partial charge in [-0.15, -0.1) is 0 Å². The number of rotatable bonds is 5. The van der Waals surface area contributed by atoms with Crippen LogP contribution in [-0.4, -0.2) is 57.2 Å². The molecule has 2 N–H and O–H groups in total. The molecule has 1 aliphatic heterocycles. The fourth-order valence-corrected chi connectivity index (χ4v) is 3.67. The number of fused-ring (bicyclic) bond motifs is 1. The van der Waals surface area contributed by atoms with Crippen LogP contribution in [0.5, 0.6) is 0 Å². The third kappa shape index (κ3) is 5.14. The number of nitrogens with one attached hydrogen (secondary N) is 2. The third-order valence-electron chi connectivity index (χ3n) is 5.06. The summed E-state index contributed by atoms with van der Waals surface area (Å²) in [5, 5.41) is 23.5. The quantitative estimate of drug-likeness (QED) is 0.535. The molecule has 0 radical (unpaired) electrons. The van der Waals surface area contributed by atoms with Crippen molar-refractivity contribution in [2.75, 3.05) is 6.54 Å². The maximum absolute atomic E-state index is 13.9. The molecule has 0 unspecified atom stereocenters. The predicted octanol–water partition coefficient (Wildman–Crippen LogP) is 2.97. The summed E-state index contributed by atoms with van der Waals surface area (Å²) in [5.74, 6) is -0.623. The van der Waals surface area contributed by atoms with Crippen LogP contribution in [0.3, 0.4) is 0 Å². The smallest absolute Gasteiger partial charge is 0.408 e. The van der Waals surface area contributed by atoms with Crippen LogP contribution in [0.2, 0.25) is 0 Å². The van der Waals surface area contributed by atoms with Crippen LogP contribution >= 0.6 is 0 Å². The Morgan fingerprint density at radius 1 is 1.47 bits per heavy atom. The number of carbonyl (C=O) groups is 2. The zero-order chi connectivity index (χ0) is 23.6. The molecular formula is C21H24FN5O5. The highest BCUT2D eigenvalue weighted by Crippen LogP contribution is 2.26. The number of alkyl carbamates (subject to hydrolysis) is 1. The van der Waals surface area contributed by atoms with Gasteiger partial charge in [-0.2, -0.15) is 5.26 Å². The number of aromatic nitrogens is 1. The van der Waals surface area contributed by atoms with E-state index >= 15 is 0 Å². The van der Waals surface area contributed by atoms with Gasteiger partial charge >= 0.3 is 6.09 Å². The minimum atomic E-state index is -1.33. The van der Waals surface area contributed by atoms with Crippen molar-refractivity contribution >= 4 is 28.6 Å². The van der Waals surface area contributed by atoms with E-state index in [1.165, 1.54) is 12.1 Å². The molecule has 3 rings (SSSR count). The molecule has 1 aromatic carbocycles.